The Morgan fingerprint density at radius 2 is 2.20 bits per heavy atom. The van der Waals surface area contributed by atoms with Gasteiger partial charge in [-0.05, 0) is 0 Å². The Bertz CT molecular complexity index is 138. The molecule has 0 fully saturated rings. The number of likely N-dealkylation sites (N-methyl/N-ethyl adjacent to an activating group) is 1. The van der Waals surface area contributed by atoms with E-state index >= 15 is 0 Å². The second kappa shape index (κ2) is 5.08. The van der Waals surface area contributed by atoms with Gasteiger partial charge in [-0.25, -0.2) is 0 Å². The van der Waals surface area contributed by atoms with Crippen molar-refractivity contribution < 1.29 is 27.0 Å². The minimum atomic E-state index is -0.993. The van der Waals surface area contributed by atoms with Crippen LogP contribution in [0.1, 0.15) is 0 Å². The van der Waals surface area contributed by atoms with Crippen molar-refractivity contribution in [3.63, 3.8) is 0 Å². The number of hydrogen-bond donors (Lipinski definition) is 3. The maximum atomic E-state index is 9.92. The zero-order valence-corrected chi connectivity index (χ0v) is 6.54. The summed E-state index contributed by atoms with van der Waals surface area (Å²) < 4.78 is 0. The minimum Gasteiger partial charge on any atom is -0.480 e. The van der Waals surface area contributed by atoms with E-state index in [1.807, 2.05) is 0 Å². The van der Waals surface area contributed by atoms with E-state index in [0.717, 1.165) is 4.90 Å². The normalized spacial score (nSPS) is 7.70. The molecule has 0 spiro atoms. The van der Waals surface area contributed by atoms with Crippen molar-refractivity contribution in [3.8, 4) is 0 Å². The van der Waals surface area contributed by atoms with Gasteiger partial charge in [-0.3, -0.25) is 10.2 Å². The second-order valence-electron chi connectivity index (χ2n) is 1.64. The summed E-state index contributed by atoms with van der Waals surface area (Å²) in [5, 5.41) is 14.9. The first-order chi connectivity index (χ1) is 4.04. The quantitative estimate of drug-likeness (QED) is 0.290. The summed E-state index contributed by atoms with van der Waals surface area (Å²) in [5.41, 5.74) is 4.93. The Balaban J connectivity index is 0. The molecule has 5 nitrogen and oxygen atoms in total. The van der Waals surface area contributed by atoms with Crippen LogP contribution in [-0.4, -0.2) is 35.5 Å². The van der Waals surface area contributed by atoms with E-state index < -0.39 is 5.97 Å². The van der Waals surface area contributed by atoms with Gasteiger partial charge in [0.2, 0.25) is 0 Å². The predicted molar refractivity (Wildman–Crippen MR) is 32.2 cm³/mol. The Kier molecular flexibility index (Phi) is 6.09. The monoisotopic (exact) mass is 187 g/mol. The van der Waals surface area contributed by atoms with Gasteiger partial charge < -0.3 is 15.7 Å². The molecule has 0 saturated heterocycles. The van der Waals surface area contributed by atoms with Crippen LogP contribution < -0.4 is 5.73 Å². The average molecular weight is 187 g/mol. The van der Waals surface area contributed by atoms with E-state index in [-0.39, 0.29) is 29.6 Å². The van der Waals surface area contributed by atoms with Crippen molar-refractivity contribution in [1.29, 1.82) is 5.41 Å². The molecule has 0 aliphatic rings. The van der Waals surface area contributed by atoms with Crippen LogP contribution in [0.4, 0.5) is 0 Å². The van der Waals surface area contributed by atoms with E-state index in [2.05, 4.69) is 0 Å². The number of nitrogens with one attached hydrogen (secondary N) is 1. The molecule has 0 aromatic carbocycles. The van der Waals surface area contributed by atoms with E-state index in [1.165, 1.54) is 7.05 Å². The predicted octanol–water partition coefficient (Wildman–Crippen LogP) is -1.11. The van der Waals surface area contributed by atoms with Gasteiger partial charge in [0.15, 0.2) is 5.96 Å². The molecular formula is C4H9FeN3O2. The van der Waals surface area contributed by atoms with Crippen LogP contribution in [0, 0.1) is 5.41 Å². The van der Waals surface area contributed by atoms with Gasteiger partial charge in [0.1, 0.15) is 6.54 Å². The van der Waals surface area contributed by atoms with Gasteiger partial charge in [0.05, 0.1) is 0 Å². The molecule has 0 saturated carbocycles. The second-order valence-corrected chi connectivity index (χ2v) is 1.64. The van der Waals surface area contributed by atoms with Crippen LogP contribution in [-0.2, 0) is 21.9 Å². The fourth-order valence-electron chi connectivity index (χ4n) is 0.288. The SMILES string of the molecule is CN(CC(=O)O)C(=N)N.[Fe]. The van der Waals surface area contributed by atoms with Gasteiger partial charge >= 0.3 is 5.97 Å². The zero-order valence-electron chi connectivity index (χ0n) is 5.44. The molecular weight excluding hydrogens is 178 g/mol. The molecule has 60 valence electrons. The Hall–Kier alpha value is -0.741. The molecule has 0 heterocycles. The summed E-state index contributed by atoms with van der Waals surface area (Å²) in [6.45, 7) is -0.227. The van der Waals surface area contributed by atoms with Crippen LogP contribution in [0.3, 0.4) is 0 Å². The molecule has 0 amide bonds. The summed E-state index contributed by atoms with van der Waals surface area (Å²) in [7, 11) is 1.44. The summed E-state index contributed by atoms with van der Waals surface area (Å²) in [5.74, 6) is -1.23. The standard InChI is InChI=1S/C4H9N3O2.Fe/c1-7(4(5)6)2-3(8)9;/h2H2,1H3,(H3,5,6)(H,8,9);. The number of guanidine groups is 1. The number of carboxylic acid groups (broad SMARTS) is 1. The molecule has 0 aliphatic heterocycles. The topological polar surface area (TPSA) is 90.4 Å². The van der Waals surface area contributed by atoms with E-state index in [9.17, 15) is 4.79 Å². The van der Waals surface area contributed by atoms with Crippen LogP contribution in [0.25, 0.3) is 0 Å². The molecule has 0 aliphatic carbocycles. The fourth-order valence-corrected chi connectivity index (χ4v) is 0.288. The summed E-state index contributed by atoms with van der Waals surface area (Å²) in [6.07, 6.45) is 0. The Morgan fingerprint density at radius 3 is 2.30 bits per heavy atom. The van der Waals surface area contributed by atoms with Crippen molar-refractivity contribution in [1.82, 2.24) is 4.90 Å². The van der Waals surface area contributed by atoms with Crippen molar-refractivity contribution in [2.75, 3.05) is 13.6 Å². The molecule has 0 atom stereocenters. The number of carboxylic acids is 1. The first kappa shape index (κ1) is 12.0. The first-order valence-corrected chi connectivity index (χ1v) is 2.31. The number of hydrogen-bond acceptors (Lipinski definition) is 2. The molecule has 6 heteroatoms. The minimum absolute atomic E-state index is 0. The molecule has 0 bridgehead atoms. The number of carbonyl (C=O) groups is 1. The third-order valence-corrected chi connectivity index (χ3v) is 0.784. The van der Waals surface area contributed by atoms with Crippen LogP contribution in [0.15, 0.2) is 0 Å². The maximum absolute atomic E-state index is 9.92. The molecule has 0 radical (unpaired) electrons. The molecule has 0 aromatic heterocycles. The molecule has 10 heavy (non-hydrogen) atoms. The van der Waals surface area contributed by atoms with Gasteiger partial charge in [-0.2, -0.15) is 0 Å². The third kappa shape index (κ3) is 5.40. The molecule has 0 rings (SSSR count). The van der Waals surface area contributed by atoms with Crippen molar-refractivity contribution in [2.24, 2.45) is 5.73 Å². The van der Waals surface area contributed by atoms with Gasteiger partial charge in [-0.15, -0.1) is 0 Å². The zero-order chi connectivity index (χ0) is 7.44. The van der Waals surface area contributed by atoms with E-state index in [4.69, 9.17) is 16.2 Å². The van der Waals surface area contributed by atoms with Crippen molar-refractivity contribution >= 4 is 11.9 Å². The van der Waals surface area contributed by atoms with Crippen LogP contribution in [0.5, 0.6) is 0 Å². The Morgan fingerprint density at radius 1 is 1.80 bits per heavy atom. The number of rotatable bonds is 2. The summed E-state index contributed by atoms with van der Waals surface area (Å²) in [4.78, 5) is 11.0. The van der Waals surface area contributed by atoms with Crippen molar-refractivity contribution in [2.45, 2.75) is 0 Å². The largest absolute Gasteiger partial charge is 0.480 e. The summed E-state index contributed by atoms with van der Waals surface area (Å²) >= 11 is 0. The van der Waals surface area contributed by atoms with Crippen molar-refractivity contribution in [3.05, 3.63) is 0 Å². The Labute approximate surface area is 69.2 Å². The molecule has 0 aromatic rings. The smallest absolute Gasteiger partial charge is 0.323 e. The van der Waals surface area contributed by atoms with E-state index in [1.54, 1.807) is 0 Å². The van der Waals surface area contributed by atoms with Crippen LogP contribution in [0.2, 0.25) is 0 Å². The van der Waals surface area contributed by atoms with Gasteiger partial charge in [-0.1, -0.05) is 0 Å². The average Bonchev–Trinajstić information content (AvgIpc) is 1.63. The van der Waals surface area contributed by atoms with E-state index in [0.29, 0.717) is 0 Å². The maximum Gasteiger partial charge on any atom is 0.323 e. The van der Waals surface area contributed by atoms with Gasteiger partial charge in [0, 0.05) is 24.1 Å². The fraction of sp³-hybridized carbons (Fsp3) is 0.500. The molecule has 0 unspecified atom stereocenters. The first-order valence-electron chi connectivity index (χ1n) is 2.31. The number of nitrogens with zero attached hydrogens (tertiary/aromatic N) is 1. The summed E-state index contributed by atoms with van der Waals surface area (Å²) in [6, 6.07) is 0. The number of nitrogens with two attached hydrogens (primary N) is 1. The third-order valence-electron chi connectivity index (χ3n) is 0.784. The van der Waals surface area contributed by atoms with Gasteiger partial charge in [0.25, 0.3) is 0 Å². The number of aliphatic carboxylic acids is 1. The molecule has 4 N–H and O–H groups in total. The van der Waals surface area contributed by atoms with Crippen LogP contribution >= 0.6 is 0 Å².